The fourth-order valence-electron chi connectivity index (χ4n) is 3.52. The van der Waals surface area contributed by atoms with Crippen LogP contribution >= 0.6 is 0 Å². The van der Waals surface area contributed by atoms with Crippen LogP contribution in [0.15, 0.2) is 91.1 Å². The molecule has 4 rings (SSSR count). The van der Waals surface area contributed by atoms with E-state index in [-0.39, 0.29) is 11.8 Å². The van der Waals surface area contributed by atoms with E-state index in [1.807, 2.05) is 72.8 Å². The number of nitrogens with zero attached hydrogens (tertiary/aromatic N) is 3. The lowest BCUT2D eigenvalue weighted by atomic mass is 10.1. The molecule has 2 N–H and O–H groups in total. The molecule has 0 atom stereocenters. The largest absolute Gasteiger partial charge is 0.337 e. The van der Waals surface area contributed by atoms with Crippen molar-refractivity contribution in [3.63, 3.8) is 0 Å². The molecule has 0 radical (unpaired) electrons. The lowest BCUT2D eigenvalue weighted by Crippen LogP contribution is -2.26. The van der Waals surface area contributed by atoms with E-state index in [1.54, 1.807) is 30.3 Å². The average molecular weight is 452 g/mol. The maximum Gasteiger partial charge on any atom is 0.253 e. The Morgan fingerprint density at radius 3 is 2.38 bits per heavy atom. The maximum absolute atomic E-state index is 12.9. The quantitative estimate of drug-likeness (QED) is 0.407. The van der Waals surface area contributed by atoms with E-state index in [2.05, 4.69) is 20.6 Å². The minimum Gasteiger partial charge on any atom is -0.337 e. The van der Waals surface area contributed by atoms with E-state index in [0.717, 1.165) is 28.2 Å². The summed E-state index contributed by atoms with van der Waals surface area (Å²) >= 11 is 0. The van der Waals surface area contributed by atoms with Crippen molar-refractivity contribution in [2.45, 2.75) is 13.5 Å². The smallest absolute Gasteiger partial charge is 0.253 e. The highest BCUT2D eigenvalue weighted by Crippen LogP contribution is 2.22. The number of anilines is 3. The molecule has 2 amide bonds. The molecular weight excluding hydrogens is 426 g/mol. The molecule has 0 aliphatic heterocycles. The first kappa shape index (κ1) is 22.7. The SMILES string of the molecule is CC(=O)Nc1ccc(-c2ccnc(Nc3cccc(C(=O)N(C)Cc4ccccc4)c3)n2)cc1. The number of hydrogen-bond donors (Lipinski definition) is 2. The average Bonchev–Trinajstić information content (AvgIpc) is 2.84. The Balaban J connectivity index is 1.47. The first-order valence-corrected chi connectivity index (χ1v) is 10.9. The maximum atomic E-state index is 12.9. The van der Waals surface area contributed by atoms with Gasteiger partial charge in [0.2, 0.25) is 11.9 Å². The minimum atomic E-state index is -0.117. The van der Waals surface area contributed by atoms with Gasteiger partial charge in [-0.05, 0) is 42.0 Å². The van der Waals surface area contributed by atoms with Gasteiger partial charge < -0.3 is 15.5 Å². The van der Waals surface area contributed by atoms with Crippen molar-refractivity contribution < 1.29 is 9.59 Å². The second kappa shape index (κ2) is 10.4. The molecule has 0 aliphatic rings. The van der Waals surface area contributed by atoms with Gasteiger partial charge in [-0.25, -0.2) is 9.97 Å². The van der Waals surface area contributed by atoms with Crippen molar-refractivity contribution >= 4 is 29.1 Å². The van der Waals surface area contributed by atoms with Gasteiger partial charge in [-0.15, -0.1) is 0 Å². The van der Waals surface area contributed by atoms with Crippen LogP contribution in [0.4, 0.5) is 17.3 Å². The molecule has 0 saturated heterocycles. The van der Waals surface area contributed by atoms with Crippen LogP contribution in [0.2, 0.25) is 0 Å². The fourth-order valence-corrected chi connectivity index (χ4v) is 3.52. The Kier molecular flexibility index (Phi) is 6.93. The normalized spacial score (nSPS) is 10.4. The molecule has 1 heterocycles. The summed E-state index contributed by atoms with van der Waals surface area (Å²) in [5.41, 5.74) is 4.73. The van der Waals surface area contributed by atoms with Gasteiger partial charge in [0.15, 0.2) is 0 Å². The highest BCUT2D eigenvalue weighted by molar-refractivity contribution is 5.95. The fraction of sp³-hybridized carbons (Fsp3) is 0.111. The number of benzene rings is 3. The van der Waals surface area contributed by atoms with E-state index >= 15 is 0 Å². The Morgan fingerprint density at radius 2 is 1.65 bits per heavy atom. The second-order valence-corrected chi connectivity index (χ2v) is 7.88. The summed E-state index contributed by atoms with van der Waals surface area (Å²) in [5.74, 6) is 0.236. The van der Waals surface area contributed by atoms with Crippen molar-refractivity contribution in [3.8, 4) is 11.3 Å². The number of carbonyl (C=O) groups is 2. The summed E-state index contributed by atoms with van der Waals surface area (Å²) in [6.07, 6.45) is 1.68. The van der Waals surface area contributed by atoms with Gasteiger partial charge in [-0.2, -0.15) is 0 Å². The molecule has 0 saturated carbocycles. The van der Waals surface area contributed by atoms with E-state index in [4.69, 9.17) is 0 Å². The van der Waals surface area contributed by atoms with Crippen molar-refractivity contribution in [2.24, 2.45) is 0 Å². The van der Waals surface area contributed by atoms with Crippen LogP contribution < -0.4 is 10.6 Å². The number of amides is 2. The third kappa shape index (κ3) is 5.83. The van der Waals surface area contributed by atoms with Gasteiger partial charge in [0.25, 0.3) is 5.91 Å². The number of hydrogen-bond acceptors (Lipinski definition) is 5. The van der Waals surface area contributed by atoms with Crippen LogP contribution in [0.1, 0.15) is 22.8 Å². The van der Waals surface area contributed by atoms with E-state index < -0.39 is 0 Å². The summed E-state index contributed by atoms with van der Waals surface area (Å²) in [5, 5.41) is 5.93. The molecule has 4 aromatic rings. The lowest BCUT2D eigenvalue weighted by Gasteiger charge is -2.18. The molecule has 1 aromatic heterocycles. The number of nitrogens with one attached hydrogen (secondary N) is 2. The minimum absolute atomic E-state index is 0.0681. The second-order valence-electron chi connectivity index (χ2n) is 7.88. The standard InChI is InChI=1S/C27H25N5O2/c1-19(33)29-23-13-11-21(12-14-23)25-15-16-28-27(31-25)30-24-10-6-9-22(17-24)26(34)32(2)18-20-7-4-3-5-8-20/h3-17H,18H2,1-2H3,(H,29,33)(H,28,30,31). The molecule has 34 heavy (non-hydrogen) atoms. The first-order chi connectivity index (χ1) is 16.5. The van der Waals surface area contributed by atoms with Crippen LogP contribution in [0, 0.1) is 0 Å². The van der Waals surface area contributed by atoms with Gasteiger partial charge in [0.1, 0.15) is 0 Å². The van der Waals surface area contributed by atoms with E-state index in [9.17, 15) is 9.59 Å². The van der Waals surface area contributed by atoms with Crippen LogP contribution in [-0.4, -0.2) is 33.7 Å². The van der Waals surface area contributed by atoms with Crippen molar-refractivity contribution in [2.75, 3.05) is 17.7 Å². The molecule has 3 aromatic carbocycles. The number of carbonyl (C=O) groups excluding carboxylic acids is 2. The van der Waals surface area contributed by atoms with Crippen LogP contribution in [-0.2, 0) is 11.3 Å². The van der Waals surface area contributed by atoms with Gasteiger partial charge in [-0.3, -0.25) is 9.59 Å². The van der Waals surface area contributed by atoms with Crippen LogP contribution in [0.5, 0.6) is 0 Å². The summed E-state index contributed by atoms with van der Waals surface area (Å²) in [7, 11) is 1.79. The molecule has 7 heteroatoms. The summed E-state index contributed by atoms with van der Waals surface area (Å²) in [6, 6.07) is 26.4. The molecule has 7 nitrogen and oxygen atoms in total. The Morgan fingerprint density at radius 1 is 0.882 bits per heavy atom. The number of rotatable bonds is 7. The number of aromatic nitrogens is 2. The summed E-state index contributed by atoms with van der Waals surface area (Å²) in [6.45, 7) is 2.00. The van der Waals surface area contributed by atoms with Crippen LogP contribution in [0.3, 0.4) is 0 Å². The Hall–Kier alpha value is -4.52. The Labute approximate surface area is 198 Å². The molecule has 170 valence electrons. The van der Waals surface area contributed by atoms with E-state index in [1.165, 1.54) is 6.92 Å². The highest BCUT2D eigenvalue weighted by atomic mass is 16.2. The van der Waals surface area contributed by atoms with Crippen molar-refractivity contribution in [1.29, 1.82) is 0 Å². The van der Waals surface area contributed by atoms with Crippen LogP contribution in [0.25, 0.3) is 11.3 Å². The molecular formula is C27H25N5O2. The zero-order valence-electron chi connectivity index (χ0n) is 19.0. The summed E-state index contributed by atoms with van der Waals surface area (Å²) < 4.78 is 0. The predicted octanol–water partition coefficient (Wildman–Crippen LogP) is 5.12. The zero-order chi connectivity index (χ0) is 23.9. The predicted molar refractivity (Wildman–Crippen MR) is 134 cm³/mol. The monoisotopic (exact) mass is 451 g/mol. The lowest BCUT2D eigenvalue weighted by molar-refractivity contribution is -0.114. The van der Waals surface area contributed by atoms with Gasteiger partial charge in [-0.1, -0.05) is 48.5 Å². The molecule has 0 unspecified atom stereocenters. The van der Waals surface area contributed by atoms with Gasteiger partial charge in [0.05, 0.1) is 5.69 Å². The molecule has 0 spiro atoms. The Bertz CT molecular complexity index is 1290. The topological polar surface area (TPSA) is 87.2 Å². The van der Waals surface area contributed by atoms with Crippen molar-refractivity contribution in [3.05, 3.63) is 102 Å². The van der Waals surface area contributed by atoms with Gasteiger partial charge in [0, 0.05) is 49.2 Å². The first-order valence-electron chi connectivity index (χ1n) is 10.9. The zero-order valence-corrected chi connectivity index (χ0v) is 19.0. The summed E-state index contributed by atoms with van der Waals surface area (Å²) in [4.78, 5) is 34.7. The molecule has 0 bridgehead atoms. The van der Waals surface area contributed by atoms with E-state index in [0.29, 0.717) is 18.1 Å². The third-order valence-electron chi connectivity index (χ3n) is 5.13. The molecule has 0 aliphatic carbocycles. The third-order valence-corrected chi connectivity index (χ3v) is 5.13. The van der Waals surface area contributed by atoms with Crippen molar-refractivity contribution in [1.82, 2.24) is 14.9 Å². The van der Waals surface area contributed by atoms with Gasteiger partial charge >= 0.3 is 0 Å². The molecule has 0 fully saturated rings. The highest BCUT2D eigenvalue weighted by Gasteiger charge is 2.13.